The van der Waals surface area contributed by atoms with Gasteiger partial charge in [-0.05, 0) is 73.8 Å². The van der Waals surface area contributed by atoms with Gasteiger partial charge in [0.1, 0.15) is 0 Å². The molecule has 0 bridgehead atoms. The van der Waals surface area contributed by atoms with Gasteiger partial charge in [0.05, 0.1) is 0 Å². The van der Waals surface area contributed by atoms with Gasteiger partial charge in [-0.25, -0.2) is 0 Å². The van der Waals surface area contributed by atoms with E-state index in [-0.39, 0.29) is 5.54 Å². The van der Waals surface area contributed by atoms with Gasteiger partial charge < -0.3 is 5.73 Å². The highest BCUT2D eigenvalue weighted by Crippen LogP contribution is 2.38. The molecule has 1 aromatic carbocycles. The van der Waals surface area contributed by atoms with Crippen molar-refractivity contribution >= 4 is 15.9 Å². The number of hydrogen-bond acceptors (Lipinski definition) is 1. The minimum atomic E-state index is 0.188. The van der Waals surface area contributed by atoms with E-state index in [4.69, 9.17) is 5.73 Å². The topological polar surface area (TPSA) is 26.0 Å². The molecule has 1 saturated carbocycles. The Bertz CT molecular complexity index is 421. The zero-order chi connectivity index (χ0) is 11.2. The number of halogens is 1. The number of nitrogens with two attached hydrogens (primary N) is 1. The van der Waals surface area contributed by atoms with Gasteiger partial charge in [-0.2, -0.15) is 0 Å². The zero-order valence-corrected chi connectivity index (χ0v) is 11.1. The lowest BCUT2D eigenvalue weighted by molar-refractivity contribution is 0.607. The molecule has 1 aromatic rings. The van der Waals surface area contributed by atoms with E-state index in [1.165, 1.54) is 36.6 Å². The van der Waals surface area contributed by atoms with E-state index < -0.39 is 0 Å². The van der Waals surface area contributed by atoms with Crippen molar-refractivity contribution in [2.75, 3.05) is 0 Å². The summed E-state index contributed by atoms with van der Waals surface area (Å²) in [6.45, 7) is 0. The summed E-state index contributed by atoms with van der Waals surface area (Å²) in [7, 11) is 0. The SMILES string of the molecule is NC1(CCc2cc(Br)cc3c2CCC3)CC1. The van der Waals surface area contributed by atoms with Crippen LogP contribution in [0.1, 0.15) is 42.4 Å². The van der Waals surface area contributed by atoms with Crippen LogP contribution in [0.15, 0.2) is 16.6 Å². The number of aryl methyl sites for hydroxylation is 2. The van der Waals surface area contributed by atoms with Gasteiger partial charge in [0, 0.05) is 10.0 Å². The van der Waals surface area contributed by atoms with Crippen LogP contribution in [-0.4, -0.2) is 5.54 Å². The van der Waals surface area contributed by atoms with E-state index in [1.54, 1.807) is 16.7 Å². The molecule has 0 heterocycles. The molecule has 0 saturated heterocycles. The number of benzene rings is 1. The van der Waals surface area contributed by atoms with E-state index >= 15 is 0 Å². The quantitative estimate of drug-likeness (QED) is 0.902. The lowest BCUT2D eigenvalue weighted by atomic mass is 9.97. The second-order valence-electron chi connectivity index (χ2n) is 5.42. The van der Waals surface area contributed by atoms with E-state index in [0.29, 0.717) is 0 Å². The fourth-order valence-electron chi connectivity index (χ4n) is 2.77. The molecule has 0 unspecified atom stereocenters. The highest BCUT2D eigenvalue weighted by Gasteiger charge is 2.37. The molecule has 2 heteroatoms. The lowest BCUT2D eigenvalue weighted by Crippen LogP contribution is -2.22. The molecule has 3 rings (SSSR count). The highest BCUT2D eigenvalue weighted by atomic mass is 79.9. The van der Waals surface area contributed by atoms with Crippen LogP contribution in [0.4, 0.5) is 0 Å². The molecule has 0 radical (unpaired) electrons. The summed E-state index contributed by atoms with van der Waals surface area (Å²) in [5.74, 6) is 0. The first kappa shape index (κ1) is 10.8. The maximum absolute atomic E-state index is 6.17. The minimum Gasteiger partial charge on any atom is -0.325 e. The van der Waals surface area contributed by atoms with Crippen molar-refractivity contribution in [2.45, 2.75) is 50.5 Å². The van der Waals surface area contributed by atoms with Crippen molar-refractivity contribution in [1.29, 1.82) is 0 Å². The minimum absolute atomic E-state index is 0.188. The van der Waals surface area contributed by atoms with Crippen molar-refractivity contribution in [2.24, 2.45) is 5.73 Å². The Morgan fingerprint density at radius 1 is 1.25 bits per heavy atom. The average molecular weight is 280 g/mol. The van der Waals surface area contributed by atoms with Gasteiger partial charge in [-0.3, -0.25) is 0 Å². The van der Waals surface area contributed by atoms with Crippen LogP contribution < -0.4 is 5.73 Å². The molecular weight excluding hydrogens is 262 g/mol. The van der Waals surface area contributed by atoms with Crippen LogP contribution >= 0.6 is 15.9 Å². The molecule has 2 aliphatic carbocycles. The first-order valence-corrected chi connectivity index (χ1v) is 7.05. The first-order valence-electron chi connectivity index (χ1n) is 6.25. The smallest absolute Gasteiger partial charge is 0.0180 e. The molecule has 0 amide bonds. The van der Waals surface area contributed by atoms with E-state index in [1.807, 2.05) is 0 Å². The standard InChI is InChI=1S/C14H18BrN/c15-12-8-10-2-1-3-13(10)11(9-12)4-5-14(16)6-7-14/h8-9H,1-7,16H2. The van der Waals surface area contributed by atoms with Crippen LogP contribution in [0.25, 0.3) is 0 Å². The Labute approximate surface area is 106 Å². The maximum atomic E-state index is 6.17. The Morgan fingerprint density at radius 2 is 2.06 bits per heavy atom. The Kier molecular flexibility index (Phi) is 2.60. The fourth-order valence-corrected chi connectivity index (χ4v) is 3.32. The molecule has 2 N–H and O–H groups in total. The second-order valence-corrected chi connectivity index (χ2v) is 6.33. The summed E-state index contributed by atoms with van der Waals surface area (Å²) in [6.07, 6.45) is 8.64. The largest absolute Gasteiger partial charge is 0.325 e. The summed E-state index contributed by atoms with van der Waals surface area (Å²) in [5, 5.41) is 0. The molecule has 86 valence electrons. The average Bonchev–Trinajstić information content (AvgIpc) is 2.79. The normalized spacial score (nSPS) is 20.9. The van der Waals surface area contributed by atoms with Gasteiger partial charge in [-0.1, -0.05) is 15.9 Å². The predicted molar refractivity (Wildman–Crippen MR) is 70.6 cm³/mol. The highest BCUT2D eigenvalue weighted by molar-refractivity contribution is 9.10. The molecule has 0 aromatic heterocycles. The monoisotopic (exact) mass is 279 g/mol. The van der Waals surface area contributed by atoms with Crippen LogP contribution in [0.3, 0.4) is 0 Å². The van der Waals surface area contributed by atoms with Crippen LogP contribution in [0.2, 0.25) is 0 Å². The molecule has 2 aliphatic rings. The van der Waals surface area contributed by atoms with E-state index in [0.717, 1.165) is 12.8 Å². The molecular formula is C14H18BrN. The van der Waals surface area contributed by atoms with Crippen molar-refractivity contribution in [3.8, 4) is 0 Å². The van der Waals surface area contributed by atoms with Crippen LogP contribution in [0.5, 0.6) is 0 Å². The van der Waals surface area contributed by atoms with Gasteiger partial charge >= 0.3 is 0 Å². The summed E-state index contributed by atoms with van der Waals surface area (Å²) in [6, 6.07) is 4.59. The molecule has 0 atom stereocenters. The molecule has 16 heavy (non-hydrogen) atoms. The van der Waals surface area contributed by atoms with Gasteiger partial charge in [0.15, 0.2) is 0 Å². The lowest BCUT2D eigenvalue weighted by Gasteiger charge is -2.12. The van der Waals surface area contributed by atoms with Crippen LogP contribution in [-0.2, 0) is 19.3 Å². The molecule has 0 spiro atoms. The third-order valence-corrected chi connectivity index (χ3v) is 4.51. The van der Waals surface area contributed by atoms with Crippen LogP contribution in [0, 0.1) is 0 Å². The molecule has 1 nitrogen and oxygen atoms in total. The zero-order valence-electron chi connectivity index (χ0n) is 9.56. The first-order chi connectivity index (χ1) is 7.66. The number of rotatable bonds is 3. The summed E-state index contributed by atoms with van der Waals surface area (Å²) < 4.78 is 1.24. The number of fused-ring (bicyclic) bond motifs is 1. The van der Waals surface area contributed by atoms with Gasteiger partial charge in [0.25, 0.3) is 0 Å². The third kappa shape index (κ3) is 2.05. The maximum Gasteiger partial charge on any atom is 0.0180 e. The second kappa shape index (κ2) is 3.85. The fraction of sp³-hybridized carbons (Fsp3) is 0.571. The number of hydrogen-bond donors (Lipinski definition) is 1. The Balaban J connectivity index is 1.82. The summed E-state index contributed by atoms with van der Waals surface area (Å²) in [4.78, 5) is 0. The van der Waals surface area contributed by atoms with Crippen molar-refractivity contribution < 1.29 is 0 Å². The molecule has 0 aliphatic heterocycles. The van der Waals surface area contributed by atoms with E-state index in [2.05, 4.69) is 28.1 Å². The summed E-state index contributed by atoms with van der Waals surface area (Å²) >= 11 is 3.62. The van der Waals surface area contributed by atoms with Gasteiger partial charge in [-0.15, -0.1) is 0 Å². The van der Waals surface area contributed by atoms with Crippen molar-refractivity contribution in [1.82, 2.24) is 0 Å². The predicted octanol–water partition coefficient (Wildman–Crippen LogP) is 3.36. The summed E-state index contributed by atoms with van der Waals surface area (Å²) in [5.41, 5.74) is 11.1. The Morgan fingerprint density at radius 3 is 2.81 bits per heavy atom. The van der Waals surface area contributed by atoms with E-state index in [9.17, 15) is 0 Å². The molecule has 1 fully saturated rings. The van der Waals surface area contributed by atoms with Crippen molar-refractivity contribution in [3.63, 3.8) is 0 Å². The van der Waals surface area contributed by atoms with Gasteiger partial charge in [0.2, 0.25) is 0 Å². The Hall–Kier alpha value is -0.340. The third-order valence-electron chi connectivity index (χ3n) is 4.06. The van der Waals surface area contributed by atoms with Crippen molar-refractivity contribution in [3.05, 3.63) is 33.3 Å².